The highest BCUT2D eigenvalue weighted by atomic mass is 35.5. The Bertz CT molecular complexity index is 1090. The number of fused-ring (bicyclic) bond motifs is 1. The average molecular weight is 474 g/mol. The van der Waals surface area contributed by atoms with Crippen molar-refractivity contribution in [1.82, 2.24) is 10.2 Å². The molecular weight excluding hydrogens is 453 g/mol. The molecular formula is C23H21ClFN3O3S. The number of imide groups is 1. The summed E-state index contributed by atoms with van der Waals surface area (Å²) in [6.45, 7) is 1.79. The molecule has 2 unspecified atom stereocenters. The van der Waals surface area contributed by atoms with E-state index in [1.54, 1.807) is 30.5 Å². The van der Waals surface area contributed by atoms with Gasteiger partial charge in [0.1, 0.15) is 17.6 Å². The van der Waals surface area contributed by atoms with Crippen LogP contribution in [0.1, 0.15) is 11.1 Å². The van der Waals surface area contributed by atoms with Gasteiger partial charge < -0.3 is 10.2 Å². The second kappa shape index (κ2) is 9.34. The summed E-state index contributed by atoms with van der Waals surface area (Å²) in [6, 6.07) is 10.4. The number of nitrogens with one attached hydrogen (secondary N) is 1. The van der Waals surface area contributed by atoms with Gasteiger partial charge >= 0.3 is 6.03 Å². The summed E-state index contributed by atoms with van der Waals surface area (Å²) in [5.74, 6) is -1.11. The van der Waals surface area contributed by atoms with Crippen LogP contribution in [0.4, 0.5) is 14.9 Å². The van der Waals surface area contributed by atoms with Crippen LogP contribution in [0.15, 0.2) is 53.9 Å². The lowest BCUT2D eigenvalue weighted by molar-refractivity contribution is -0.124. The van der Waals surface area contributed by atoms with E-state index in [1.807, 2.05) is 12.1 Å². The zero-order valence-electron chi connectivity index (χ0n) is 17.3. The average Bonchev–Trinajstić information content (AvgIpc) is 3.25. The van der Waals surface area contributed by atoms with Gasteiger partial charge in [-0.2, -0.15) is 0 Å². The lowest BCUT2D eigenvalue weighted by atomic mass is 10.1. The number of nitrogens with zero attached hydrogens (tertiary/aromatic N) is 2. The SMILES string of the molecule is Cc1cc(N2C(=O)C3SC=CC3N(CC(=O)NCCc3ccc(Cl)cc3)C2=O)ccc1F. The summed E-state index contributed by atoms with van der Waals surface area (Å²) >= 11 is 7.19. The molecule has 0 aromatic heterocycles. The van der Waals surface area contributed by atoms with E-state index in [-0.39, 0.29) is 24.0 Å². The molecule has 0 radical (unpaired) electrons. The fourth-order valence-corrected chi connectivity index (χ4v) is 4.90. The summed E-state index contributed by atoms with van der Waals surface area (Å²) in [6.07, 6.45) is 2.39. The summed E-state index contributed by atoms with van der Waals surface area (Å²) in [7, 11) is 0. The predicted octanol–water partition coefficient (Wildman–Crippen LogP) is 3.91. The van der Waals surface area contributed by atoms with Crippen LogP contribution in [0, 0.1) is 12.7 Å². The van der Waals surface area contributed by atoms with Crippen LogP contribution in [0.25, 0.3) is 0 Å². The van der Waals surface area contributed by atoms with Gasteiger partial charge in [-0.3, -0.25) is 9.59 Å². The van der Waals surface area contributed by atoms with Gasteiger partial charge in [-0.25, -0.2) is 14.1 Å². The first-order valence-corrected chi connectivity index (χ1v) is 11.4. The standard InChI is InChI=1S/C23H21ClFN3O3S/c1-14-12-17(6-7-18(14)25)28-22(30)21-19(9-11-32-21)27(23(28)31)13-20(29)26-10-8-15-2-4-16(24)5-3-15/h2-7,9,11-12,19,21H,8,10,13H2,1H3,(H,26,29). The highest BCUT2D eigenvalue weighted by Crippen LogP contribution is 2.36. The minimum atomic E-state index is -0.595. The fraction of sp³-hybridized carbons (Fsp3) is 0.261. The Kier molecular flexibility index (Phi) is 6.53. The lowest BCUT2D eigenvalue weighted by Crippen LogP contribution is -2.63. The van der Waals surface area contributed by atoms with Gasteiger partial charge in [0, 0.05) is 11.6 Å². The van der Waals surface area contributed by atoms with Crippen molar-refractivity contribution in [2.24, 2.45) is 0 Å². The molecule has 0 saturated carbocycles. The molecule has 32 heavy (non-hydrogen) atoms. The van der Waals surface area contributed by atoms with Gasteiger partial charge in [-0.15, -0.1) is 11.8 Å². The van der Waals surface area contributed by atoms with Crippen molar-refractivity contribution in [3.05, 3.63) is 75.9 Å². The number of carbonyl (C=O) groups excluding carboxylic acids is 3. The molecule has 1 saturated heterocycles. The van der Waals surface area contributed by atoms with E-state index in [2.05, 4.69) is 5.32 Å². The second-order valence-electron chi connectivity index (χ2n) is 7.62. The van der Waals surface area contributed by atoms with Gasteiger partial charge in [0.2, 0.25) is 5.91 Å². The van der Waals surface area contributed by atoms with E-state index in [0.29, 0.717) is 23.6 Å². The fourth-order valence-electron chi connectivity index (χ4n) is 3.73. The molecule has 4 rings (SSSR count). The van der Waals surface area contributed by atoms with Crippen molar-refractivity contribution in [1.29, 1.82) is 0 Å². The molecule has 166 valence electrons. The number of amides is 4. The molecule has 2 atom stereocenters. The summed E-state index contributed by atoms with van der Waals surface area (Å²) < 4.78 is 13.7. The molecule has 1 N–H and O–H groups in total. The minimum Gasteiger partial charge on any atom is -0.354 e. The van der Waals surface area contributed by atoms with Crippen molar-refractivity contribution in [3.8, 4) is 0 Å². The number of halogens is 2. The maximum absolute atomic E-state index is 13.7. The third-order valence-corrected chi connectivity index (χ3v) is 6.77. The molecule has 2 heterocycles. The molecule has 0 bridgehead atoms. The minimum absolute atomic E-state index is 0.185. The topological polar surface area (TPSA) is 69.7 Å². The van der Waals surface area contributed by atoms with Gasteiger partial charge in [-0.05, 0) is 60.2 Å². The second-order valence-corrected chi connectivity index (χ2v) is 9.11. The van der Waals surface area contributed by atoms with Crippen molar-refractivity contribution < 1.29 is 18.8 Å². The lowest BCUT2D eigenvalue weighted by Gasteiger charge is -2.40. The third kappa shape index (κ3) is 4.52. The predicted molar refractivity (Wildman–Crippen MR) is 123 cm³/mol. The first kappa shape index (κ1) is 22.4. The number of hydrogen-bond acceptors (Lipinski definition) is 4. The van der Waals surface area contributed by atoms with Crippen molar-refractivity contribution >= 4 is 46.9 Å². The maximum Gasteiger partial charge on any atom is 0.332 e. The van der Waals surface area contributed by atoms with Crippen LogP contribution in [0.3, 0.4) is 0 Å². The molecule has 4 amide bonds. The molecule has 9 heteroatoms. The number of hydrogen-bond donors (Lipinski definition) is 1. The number of anilines is 1. The van der Waals surface area contributed by atoms with Crippen molar-refractivity contribution in [3.63, 3.8) is 0 Å². The Hall–Kier alpha value is -2.84. The zero-order valence-corrected chi connectivity index (χ0v) is 18.8. The van der Waals surface area contributed by atoms with Crippen molar-refractivity contribution in [2.45, 2.75) is 24.6 Å². The largest absolute Gasteiger partial charge is 0.354 e. The summed E-state index contributed by atoms with van der Waals surface area (Å²) in [5, 5.41) is 4.70. The molecule has 2 aliphatic heterocycles. The molecule has 6 nitrogen and oxygen atoms in total. The molecule has 0 aliphatic carbocycles. The van der Waals surface area contributed by atoms with Gasteiger partial charge in [0.15, 0.2) is 0 Å². The Morgan fingerprint density at radius 3 is 2.66 bits per heavy atom. The van der Waals surface area contributed by atoms with Gasteiger partial charge in [-0.1, -0.05) is 29.8 Å². The van der Waals surface area contributed by atoms with Gasteiger partial charge in [0.05, 0.1) is 11.7 Å². The van der Waals surface area contributed by atoms with E-state index in [1.165, 1.54) is 34.9 Å². The Morgan fingerprint density at radius 1 is 1.19 bits per heavy atom. The quantitative estimate of drug-likeness (QED) is 0.690. The Balaban J connectivity index is 1.46. The number of carbonyl (C=O) groups is 3. The van der Waals surface area contributed by atoms with Gasteiger partial charge in [0.25, 0.3) is 5.91 Å². The monoisotopic (exact) mass is 473 g/mol. The molecule has 1 fully saturated rings. The normalized spacial score (nSPS) is 20.0. The van der Waals surface area contributed by atoms with Crippen LogP contribution in [0.5, 0.6) is 0 Å². The number of thioether (sulfide) groups is 1. The summed E-state index contributed by atoms with van der Waals surface area (Å²) in [4.78, 5) is 41.3. The Morgan fingerprint density at radius 2 is 1.94 bits per heavy atom. The van der Waals surface area contributed by atoms with Crippen LogP contribution < -0.4 is 10.2 Å². The van der Waals surface area contributed by atoms with Crippen LogP contribution in [0.2, 0.25) is 5.02 Å². The van der Waals surface area contributed by atoms with Crippen molar-refractivity contribution in [2.75, 3.05) is 18.0 Å². The number of urea groups is 1. The third-order valence-electron chi connectivity index (χ3n) is 5.43. The number of benzene rings is 2. The number of aryl methyl sites for hydroxylation is 1. The molecule has 2 aromatic rings. The first-order valence-electron chi connectivity index (χ1n) is 10.1. The summed E-state index contributed by atoms with van der Waals surface area (Å²) in [5.41, 5.74) is 1.65. The van der Waals surface area contributed by atoms with E-state index in [0.717, 1.165) is 10.5 Å². The van der Waals surface area contributed by atoms with Crippen LogP contribution >= 0.6 is 23.4 Å². The highest BCUT2D eigenvalue weighted by Gasteiger charge is 2.48. The van der Waals surface area contributed by atoms with Crippen LogP contribution in [-0.2, 0) is 16.0 Å². The first-order chi connectivity index (χ1) is 15.3. The molecule has 0 spiro atoms. The van der Waals surface area contributed by atoms with E-state index in [9.17, 15) is 18.8 Å². The maximum atomic E-state index is 13.7. The van der Waals surface area contributed by atoms with E-state index < -0.39 is 23.1 Å². The zero-order chi connectivity index (χ0) is 22.8. The molecule has 2 aliphatic rings. The van der Waals surface area contributed by atoms with E-state index >= 15 is 0 Å². The van der Waals surface area contributed by atoms with E-state index in [4.69, 9.17) is 11.6 Å². The van der Waals surface area contributed by atoms with Crippen LogP contribution in [-0.4, -0.2) is 47.1 Å². The highest BCUT2D eigenvalue weighted by molar-refractivity contribution is 8.03. The number of rotatable bonds is 6. The smallest absolute Gasteiger partial charge is 0.332 e. The molecule has 2 aromatic carbocycles. The Labute approximate surface area is 194 Å².